The fourth-order valence-corrected chi connectivity index (χ4v) is 0.392. The quantitative estimate of drug-likeness (QED) is 0.579. The van der Waals surface area contributed by atoms with Crippen LogP contribution in [0.1, 0.15) is 27.7 Å². The van der Waals surface area contributed by atoms with E-state index in [2.05, 4.69) is 45.2 Å². The summed E-state index contributed by atoms with van der Waals surface area (Å²) >= 11 is 0. The van der Waals surface area contributed by atoms with Crippen molar-refractivity contribution in [1.82, 2.24) is 0 Å². The zero-order valence-electron chi connectivity index (χ0n) is 8.44. The predicted molar refractivity (Wildman–Crippen MR) is 53.5 cm³/mol. The van der Waals surface area contributed by atoms with Gasteiger partial charge in [-0.3, -0.25) is 0 Å². The van der Waals surface area contributed by atoms with Crippen LogP contribution >= 0.6 is 0 Å². The molecule has 0 atom stereocenters. The van der Waals surface area contributed by atoms with Crippen LogP contribution in [0.5, 0.6) is 0 Å². The highest BCUT2D eigenvalue weighted by Crippen LogP contribution is 2.15. The van der Waals surface area contributed by atoms with Crippen LogP contribution in [0, 0.1) is 5.41 Å². The molecule has 0 aliphatic heterocycles. The van der Waals surface area contributed by atoms with Gasteiger partial charge in [-0.2, -0.15) is 0 Å². The molecule has 0 amide bonds. The molecule has 0 radical (unpaired) electrons. The molecule has 0 aromatic rings. The largest absolute Gasteiger partial charge is 0.333 e. The van der Waals surface area contributed by atoms with Crippen LogP contribution in [0.4, 0.5) is 0 Å². The van der Waals surface area contributed by atoms with Crippen LogP contribution in [-0.2, 0) is 0 Å². The third-order valence-corrected chi connectivity index (χ3v) is 0.868. The first-order valence-electron chi connectivity index (χ1n) is 3.84. The normalized spacial score (nSPS) is 10.7. The predicted octanol–water partition coefficient (Wildman–Crippen LogP) is 2.74. The molecule has 0 saturated heterocycles. The maximum Gasteiger partial charge on any atom is -0.0195 e. The van der Waals surface area contributed by atoms with Crippen molar-refractivity contribution in [3.05, 3.63) is 24.3 Å². The molecule has 0 rings (SSSR count). The van der Waals surface area contributed by atoms with Crippen LogP contribution < -0.4 is 5.73 Å². The van der Waals surface area contributed by atoms with Crippen molar-refractivity contribution < 1.29 is 0 Å². The second kappa shape index (κ2) is 6.17. The van der Waals surface area contributed by atoms with Crippen molar-refractivity contribution in [2.24, 2.45) is 11.1 Å². The van der Waals surface area contributed by atoms with Crippen LogP contribution in [-0.4, -0.2) is 7.05 Å². The third-order valence-electron chi connectivity index (χ3n) is 0.868. The van der Waals surface area contributed by atoms with Gasteiger partial charge in [0.1, 0.15) is 0 Å². The van der Waals surface area contributed by atoms with E-state index in [0.717, 1.165) is 5.57 Å². The molecule has 0 heterocycles. The van der Waals surface area contributed by atoms with Gasteiger partial charge < -0.3 is 5.73 Å². The Bertz CT molecular complexity index is 126. The summed E-state index contributed by atoms with van der Waals surface area (Å²) in [5.41, 5.74) is 5.91. The molecule has 0 aromatic carbocycles. The first kappa shape index (κ1) is 13.1. The molecule has 66 valence electrons. The molecular formula is C10H21N. The fourth-order valence-electron chi connectivity index (χ4n) is 0.392. The monoisotopic (exact) mass is 155 g/mol. The Hall–Kier alpha value is -0.560. The van der Waals surface area contributed by atoms with E-state index < -0.39 is 0 Å². The van der Waals surface area contributed by atoms with E-state index in [4.69, 9.17) is 0 Å². The first-order chi connectivity index (χ1) is 4.92. The molecule has 0 saturated carbocycles. The van der Waals surface area contributed by atoms with Crippen LogP contribution in [0.2, 0.25) is 0 Å². The highest BCUT2D eigenvalue weighted by molar-refractivity contribution is 5.13. The Morgan fingerprint density at radius 2 is 1.64 bits per heavy atom. The topological polar surface area (TPSA) is 26.0 Å². The van der Waals surface area contributed by atoms with E-state index in [1.165, 1.54) is 7.05 Å². The lowest BCUT2D eigenvalue weighted by atomic mass is 9.96. The van der Waals surface area contributed by atoms with E-state index in [1.807, 2.05) is 6.92 Å². The van der Waals surface area contributed by atoms with Gasteiger partial charge in [0.2, 0.25) is 0 Å². The summed E-state index contributed by atoms with van der Waals surface area (Å²) in [5.74, 6) is 0. The molecule has 11 heavy (non-hydrogen) atoms. The summed E-state index contributed by atoms with van der Waals surface area (Å²) < 4.78 is 0. The highest BCUT2D eigenvalue weighted by atomic mass is 14.4. The van der Waals surface area contributed by atoms with Gasteiger partial charge in [-0.25, -0.2) is 0 Å². The summed E-state index contributed by atoms with van der Waals surface area (Å²) in [5, 5.41) is 0. The molecule has 0 bridgehead atoms. The van der Waals surface area contributed by atoms with Gasteiger partial charge in [0.25, 0.3) is 0 Å². The fraction of sp³-hybridized carbons (Fsp3) is 0.600. The lowest BCUT2D eigenvalue weighted by Gasteiger charge is -2.10. The Kier molecular flexibility index (Phi) is 7.33. The molecule has 0 fully saturated rings. The second-order valence-corrected chi connectivity index (χ2v) is 3.55. The molecule has 0 aromatic heterocycles. The third kappa shape index (κ3) is 17.7. The molecule has 1 nitrogen and oxygen atoms in total. The summed E-state index contributed by atoms with van der Waals surface area (Å²) in [6.45, 7) is 12.3. The zero-order valence-corrected chi connectivity index (χ0v) is 8.44. The Morgan fingerprint density at radius 1 is 1.27 bits per heavy atom. The summed E-state index contributed by atoms with van der Waals surface area (Å²) in [7, 11) is 1.50. The van der Waals surface area contributed by atoms with Gasteiger partial charge >= 0.3 is 0 Å². The molecule has 0 unspecified atom stereocenters. The average Bonchev–Trinajstić information content (AvgIpc) is 1.87. The maximum atomic E-state index is 4.50. The zero-order chi connectivity index (χ0) is 9.49. The van der Waals surface area contributed by atoms with Crippen molar-refractivity contribution in [2.45, 2.75) is 27.7 Å². The SMILES string of the molecule is C=C(C)/C=C\C(C)(C)C.CN. The minimum absolute atomic E-state index is 0.291. The minimum atomic E-state index is 0.291. The lowest BCUT2D eigenvalue weighted by molar-refractivity contribution is 0.544. The van der Waals surface area contributed by atoms with Crippen molar-refractivity contribution in [3.63, 3.8) is 0 Å². The van der Waals surface area contributed by atoms with Crippen molar-refractivity contribution in [2.75, 3.05) is 7.05 Å². The van der Waals surface area contributed by atoms with E-state index in [1.54, 1.807) is 0 Å². The molecule has 0 spiro atoms. The Morgan fingerprint density at radius 3 is 1.73 bits per heavy atom. The van der Waals surface area contributed by atoms with E-state index >= 15 is 0 Å². The molecule has 1 heteroatoms. The number of hydrogen-bond donors (Lipinski definition) is 1. The summed E-state index contributed by atoms with van der Waals surface area (Å²) in [6.07, 6.45) is 4.22. The van der Waals surface area contributed by atoms with Gasteiger partial charge in [-0.15, -0.1) is 0 Å². The number of rotatable bonds is 1. The van der Waals surface area contributed by atoms with Crippen LogP contribution in [0.25, 0.3) is 0 Å². The molecule has 0 aliphatic carbocycles. The Labute approximate surface area is 71.0 Å². The standard InChI is InChI=1S/C9H16.CH5N/c1-8(2)6-7-9(3,4)5;1-2/h6-7H,1H2,2-5H3;2H2,1H3/b7-6-;. The summed E-state index contributed by atoms with van der Waals surface area (Å²) in [4.78, 5) is 0. The first-order valence-corrected chi connectivity index (χ1v) is 3.84. The molecular weight excluding hydrogens is 134 g/mol. The van der Waals surface area contributed by atoms with Crippen molar-refractivity contribution in [1.29, 1.82) is 0 Å². The minimum Gasteiger partial charge on any atom is -0.333 e. The number of nitrogens with two attached hydrogens (primary N) is 1. The lowest BCUT2D eigenvalue weighted by Crippen LogP contribution is -1.97. The Balaban J connectivity index is 0. The number of allylic oxidation sites excluding steroid dienone is 3. The average molecular weight is 155 g/mol. The van der Waals surface area contributed by atoms with Gasteiger partial charge in [0.05, 0.1) is 0 Å². The smallest absolute Gasteiger partial charge is 0.0195 e. The van der Waals surface area contributed by atoms with Gasteiger partial charge in [-0.1, -0.05) is 45.1 Å². The van der Waals surface area contributed by atoms with E-state index in [9.17, 15) is 0 Å². The van der Waals surface area contributed by atoms with Crippen LogP contribution in [0.15, 0.2) is 24.3 Å². The van der Waals surface area contributed by atoms with Gasteiger partial charge in [0, 0.05) is 0 Å². The number of hydrogen-bond acceptors (Lipinski definition) is 1. The summed E-state index contributed by atoms with van der Waals surface area (Å²) in [6, 6.07) is 0. The molecule has 0 aliphatic rings. The van der Waals surface area contributed by atoms with Crippen molar-refractivity contribution in [3.8, 4) is 0 Å². The van der Waals surface area contributed by atoms with Gasteiger partial charge in [-0.05, 0) is 19.4 Å². The second-order valence-electron chi connectivity index (χ2n) is 3.55. The van der Waals surface area contributed by atoms with Crippen molar-refractivity contribution >= 4 is 0 Å². The van der Waals surface area contributed by atoms with Crippen LogP contribution in [0.3, 0.4) is 0 Å². The van der Waals surface area contributed by atoms with Gasteiger partial charge in [0.15, 0.2) is 0 Å². The highest BCUT2D eigenvalue weighted by Gasteiger charge is 2.02. The maximum absolute atomic E-state index is 4.50. The molecule has 2 N–H and O–H groups in total. The van der Waals surface area contributed by atoms with E-state index in [-0.39, 0.29) is 0 Å². The van der Waals surface area contributed by atoms with E-state index in [0.29, 0.717) is 5.41 Å².